The molecule has 0 saturated heterocycles. The number of benzene rings is 1. The maximum Gasteiger partial charge on any atom is 0.303 e. The average Bonchev–Trinajstić information content (AvgIpc) is 2.20. The number of carbonyl (C=O) groups is 2. The van der Waals surface area contributed by atoms with Crippen molar-refractivity contribution in [2.75, 3.05) is 0 Å². The van der Waals surface area contributed by atoms with Crippen molar-refractivity contribution < 1.29 is 27.5 Å². The summed E-state index contributed by atoms with van der Waals surface area (Å²) in [7, 11) is 0. The molecule has 0 radical (unpaired) electrons. The number of hydrogen-bond donors (Lipinski definition) is 0. The summed E-state index contributed by atoms with van der Waals surface area (Å²) in [5.41, 5.74) is -2.32. The topological polar surface area (TPSA) is 43.4 Å². The van der Waals surface area contributed by atoms with Crippen LogP contribution in [0.5, 0.6) is 0 Å². The van der Waals surface area contributed by atoms with E-state index in [1.807, 2.05) is 0 Å². The monoisotopic (exact) mass is 260 g/mol. The molecule has 0 unspecified atom stereocenters. The second kappa shape index (κ2) is 4.80. The van der Waals surface area contributed by atoms with E-state index in [9.17, 15) is 22.8 Å². The summed E-state index contributed by atoms with van der Waals surface area (Å²) >= 11 is 0. The highest BCUT2D eigenvalue weighted by Crippen LogP contribution is 2.22. The van der Waals surface area contributed by atoms with Crippen molar-refractivity contribution in [2.24, 2.45) is 0 Å². The molecule has 0 saturated carbocycles. The second-order valence-electron chi connectivity index (χ2n) is 4.18. The molecule has 0 aromatic heterocycles. The summed E-state index contributed by atoms with van der Waals surface area (Å²) < 4.78 is 43.8. The van der Waals surface area contributed by atoms with Crippen LogP contribution in [-0.2, 0) is 9.53 Å². The van der Waals surface area contributed by atoms with Gasteiger partial charge in [0.15, 0.2) is 17.2 Å². The number of halogens is 3. The lowest BCUT2D eigenvalue weighted by atomic mass is 9.96. The Kier molecular flexibility index (Phi) is 3.79. The summed E-state index contributed by atoms with van der Waals surface area (Å²) in [4.78, 5) is 22.7. The van der Waals surface area contributed by atoms with Gasteiger partial charge in [0.25, 0.3) is 0 Å². The molecule has 3 nitrogen and oxygen atoms in total. The van der Waals surface area contributed by atoms with Gasteiger partial charge in [0, 0.05) is 13.0 Å². The van der Waals surface area contributed by atoms with Crippen molar-refractivity contribution in [1.82, 2.24) is 0 Å². The average molecular weight is 260 g/mol. The Morgan fingerprint density at radius 3 is 2.06 bits per heavy atom. The van der Waals surface area contributed by atoms with Crippen LogP contribution in [-0.4, -0.2) is 17.4 Å². The largest absolute Gasteiger partial charge is 0.451 e. The van der Waals surface area contributed by atoms with Crippen LogP contribution < -0.4 is 0 Å². The zero-order chi connectivity index (χ0) is 14.1. The SMILES string of the molecule is CC(=O)OC(C)(C)C(=O)c1cc(F)c(F)cc1F. The molecule has 0 spiro atoms. The van der Waals surface area contributed by atoms with Crippen molar-refractivity contribution >= 4 is 11.8 Å². The Morgan fingerprint density at radius 1 is 1.06 bits per heavy atom. The highest BCUT2D eigenvalue weighted by molar-refractivity contribution is 6.03. The third-order valence-electron chi connectivity index (χ3n) is 2.20. The maximum atomic E-state index is 13.4. The maximum absolute atomic E-state index is 13.4. The van der Waals surface area contributed by atoms with Crippen molar-refractivity contribution in [3.8, 4) is 0 Å². The Morgan fingerprint density at radius 2 is 1.56 bits per heavy atom. The van der Waals surface area contributed by atoms with Crippen LogP contribution >= 0.6 is 0 Å². The van der Waals surface area contributed by atoms with E-state index in [-0.39, 0.29) is 6.07 Å². The first-order valence-electron chi connectivity index (χ1n) is 5.04. The van der Waals surface area contributed by atoms with Gasteiger partial charge in [-0.25, -0.2) is 13.2 Å². The molecule has 18 heavy (non-hydrogen) atoms. The molecule has 98 valence electrons. The minimum absolute atomic E-state index is 0.270. The molecule has 1 aromatic carbocycles. The molecule has 0 atom stereocenters. The number of hydrogen-bond acceptors (Lipinski definition) is 3. The van der Waals surface area contributed by atoms with Gasteiger partial charge in [0.05, 0.1) is 5.56 Å². The first-order valence-corrected chi connectivity index (χ1v) is 5.04. The summed E-state index contributed by atoms with van der Waals surface area (Å²) in [6.45, 7) is 3.55. The van der Waals surface area contributed by atoms with Crippen LogP contribution in [0.3, 0.4) is 0 Å². The lowest BCUT2D eigenvalue weighted by Crippen LogP contribution is -2.37. The summed E-state index contributed by atoms with van der Waals surface area (Å²) in [6.07, 6.45) is 0. The van der Waals surface area contributed by atoms with E-state index in [2.05, 4.69) is 0 Å². The highest BCUT2D eigenvalue weighted by Gasteiger charge is 2.34. The fourth-order valence-corrected chi connectivity index (χ4v) is 1.43. The van der Waals surface area contributed by atoms with E-state index in [0.717, 1.165) is 6.92 Å². The molecule has 6 heteroatoms. The van der Waals surface area contributed by atoms with Crippen LogP contribution in [0.4, 0.5) is 13.2 Å². The number of carbonyl (C=O) groups excluding carboxylic acids is 2. The highest BCUT2D eigenvalue weighted by atomic mass is 19.2. The van der Waals surface area contributed by atoms with Gasteiger partial charge in [-0.3, -0.25) is 9.59 Å². The van der Waals surface area contributed by atoms with E-state index in [4.69, 9.17) is 4.74 Å². The molecule has 0 aliphatic carbocycles. The minimum atomic E-state index is -1.66. The Bertz CT molecular complexity index is 510. The smallest absolute Gasteiger partial charge is 0.303 e. The Labute approximate surface area is 102 Å². The number of rotatable bonds is 3. The first-order chi connectivity index (χ1) is 8.15. The van der Waals surface area contributed by atoms with Gasteiger partial charge in [0.2, 0.25) is 5.78 Å². The van der Waals surface area contributed by atoms with Crippen molar-refractivity contribution in [3.05, 3.63) is 35.1 Å². The van der Waals surface area contributed by atoms with E-state index < -0.39 is 40.4 Å². The first kappa shape index (κ1) is 14.2. The van der Waals surface area contributed by atoms with Crippen molar-refractivity contribution in [3.63, 3.8) is 0 Å². The lowest BCUT2D eigenvalue weighted by molar-refractivity contribution is -0.149. The normalized spacial score (nSPS) is 11.2. The molecule has 1 aromatic rings. The molecule has 0 amide bonds. The van der Waals surface area contributed by atoms with Gasteiger partial charge in [0.1, 0.15) is 5.82 Å². The predicted octanol–water partition coefficient (Wildman–Crippen LogP) is 2.63. The number of ether oxygens (including phenoxy) is 1. The summed E-state index contributed by atoms with van der Waals surface area (Å²) in [5.74, 6) is -5.64. The fourth-order valence-electron chi connectivity index (χ4n) is 1.43. The third kappa shape index (κ3) is 2.88. The minimum Gasteiger partial charge on any atom is -0.451 e. The fraction of sp³-hybridized carbons (Fsp3) is 0.333. The van der Waals surface area contributed by atoms with Crippen molar-refractivity contribution in [2.45, 2.75) is 26.4 Å². The van der Waals surface area contributed by atoms with E-state index in [0.29, 0.717) is 6.07 Å². The molecular weight excluding hydrogens is 249 g/mol. The molecule has 0 bridgehead atoms. The molecule has 0 aliphatic rings. The van der Waals surface area contributed by atoms with Crippen molar-refractivity contribution in [1.29, 1.82) is 0 Å². The standard InChI is InChI=1S/C12H11F3O3/c1-6(16)18-12(2,3)11(17)7-4-9(14)10(15)5-8(7)13/h4-5H,1-3H3. The van der Waals surface area contributed by atoms with Crippen LogP contribution in [0.1, 0.15) is 31.1 Å². The number of ketones is 1. The summed E-state index contributed by atoms with van der Waals surface area (Å²) in [6, 6.07) is 0.713. The number of Topliss-reactive ketones (excluding diaryl/α,β-unsaturated/α-hetero) is 1. The van der Waals surface area contributed by atoms with Crippen LogP contribution in [0, 0.1) is 17.5 Å². The summed E-state index contributed by atoms with van der Waals surface area (Å²) in [5, 5.41) is 0. The predicted molar refractivity (Wildman–Crippen MR) is 56.5 cm³/mol. The quantitative estimate of drug-likeness (QED) is 0.476. The molecular formula is C12H11F3O3. The van der Waals surface area contributed by atoms with Crippen LogP contribution in [0.25, 0.3) is 0 Å². The molecule has 0 N–H and O–H groups in total. The molecule has 1 rings (SSSR count). The second-order valence-corrected chi connectivity index (χ2v) is 4.18. The van der Waals surface area contributed by atoms with Gasteiger partial charge in [-0.2, -0.15) is 0 Å². The van der Waals surface area contributed by atoms with Gasteiger partial charge >= 0.3 is 5.97 Å². The van der Waals surface area contributed by atoms with E-state index >= 15 is 0 Å². The van der Waals surface area contributed by atoms with Gasteiger partial charge in [-0.1, -0.05) is 0 Å². The van der Waals surface area contributed by atoms with Crippen LogP contribution in [0.15, 0.2) is 12.1 Å². The van der Waals surface area contributed by atoms with E-state index in [1.165, 1.54) is 13.8 Å². The number of esters is 1. The Hall–Kier alpha value is -1.85. The molecule has 0 heterocycles. The van der Waals surface area contributed by atoms with Gasteiger partial charge in [-0.15, -0.1) is 0 Å². The third-order valence-corrected chi connectivity index (χ3v) is 2.20. The lowest BCUT2D eigenvalue weighted by Gasteiger charge is -2.23. The molecule has 0 aliphatic heterocycles. The zero-order valence-electron chi connectivity index (χ0n) is 10.0. The van der Waals surface area contributed by atoms with Crippen LogP contribution in [0.2, 0.25) is 0 Å². The van der Waals surface area contributed by atoms with E-state index in [1.54, 1.807) is 0 Å². The van der Waals surface area contributed by atoms with Gasteiger partial charge < -0.3 is 4.74 Å². The zero-order valence-corrected chi connectivity index (χ0v) is 10.0. The molecule has 0 fully saturated rings. The Balaban J connectivity index is 3.19. The van der Waals surface area contributed by atoms with Gasteiger partial charge in [-0.05, 0) is 19.9 Å².